The lowest BCUT2D eigenvalue weighted by atomic mass is 10.0. The van der Waals surface area contributed by atoms with Crippen LogP contribution in [0.1, 0.15) is 37.8 Å². The van der Waals surface area contributed by atoms with E-state index < -0.39 is 6.10 Å². The first-order valence-electron chi connectivity index (χ1n) is 10.6. The molecule has 30 heavy (non-hydrogen) atoms. The second-order valence-corrected chi connectivity index (χ2v) is 7.54. The Morgan fingerprint density at radius 2 is 1.63 bits per heavy atom. The summed E-state index contributed by atoms with van der Waals surface area (Å²) in [4.78, 5) is 15.2. The zero-order valence-corrected chi connectivity index (χ0v) is 18.1. The van der Waals surface area contributed by atoms with Crippen LogP contribution >= 0.6 is 0 Å². The average molecular weight is 413 g/mol. The molecule has 0 saturated carbocycles. The second kappa shape index (κ2) is 10.9. The lowest BCUT2D eigenvalue weighted by molar-refractivity contribution is -0.127. The van der Waals surface area contributed by atoms with Gasteiger partial charge in [0, 0.05) is 6.54 Å². The predicted molar refractivity (Wildman–Crippen MR) is 117 cm³/mol. The lowest BCUT2D eigenvalue weighted by Gasteiger charge is -2.35. The molecule has 162 valence electrons. The number of benzene rings is 2. The smallest absolute Gasteiger partial charge is 0.260 e. The molecule has 2 atom stereocenters. The van der Waals surface area contributed by atoms with Crippen molar-refractivity contribution in [1.82, 2.24) is 10.2 Å². The van der Waals surface area contributed by atoms with Crippen molar-refractivity contribution in [2.45, 2.75) is 38.3 Å². The Balaban J connectivity index is 1.65. The van der Waals surface area contributed by atoms with Gasteiger partial charge >= 0.3 is 0 Å². The number of piperidine rings is 1. The van der Waals surface area contributed by atoms with Crippen LogP contribution in [0.4, 0.5) is 0 Å². The van der Waals surface area contributed by atoms with Crippen molar-refractivity contribution in [2.24, 2.45) is 0 Å². The average Bonchev–Trinajstić information content (AvgIpc) is 2.80. The quantitative estimate of drug-likeness (QED) is 0.679. The van der Waals surface area contributed by atoms with Gasteiger partial charge in [0.1, 0.15) is 5.75 Å². The van der Waals surface area contributed by atoms with Gasteiger partial charge in [-0.15, -0.1) is 0 Å². The molecule has 0 spiro atoms. The van der Waals surface area contributed by atoms with E-state index in [1.54, 1.807) is 27.2 Å². The van der Waals surface area contributed by atoms with E-state index in [1.807, 2.05) is 30.3 Å². The molecule has 1 amide bonds. The van der Waals surface area contributed by atoms with E-state index in [-0.39, 0.29) is 11.9 Å². The largest absolute Gasteiger partial charge is 0.497 e. The molecule has 2 unspecified atom stereocenters. The van der Waals surface area contributed by atoms with Crippen LogP contribution in [0.2, 0.25) is 0 Å². The van der Waals surface area contributed by atoms with Gasteiger partial charge in [-0.1, -0.05) is 30.7 Å². The van der Waals surface area contributed by atoms with Gasteiger partial charge in [-0.25, -0.2) is 0 Å². The number of likely N-dealkylation sites (tertiary alicyclic amines) is 1. The van der Waals surface area contributed by atoms with Gasteiger partial charge in [0.05, 0.1) is 20.3 Å². The number of carbonyl (C=O) groups is 1. The third kappa shape index (κ3) is 5.66. The summed E-state index contributed by atoms with van der Waals surface area (Å²) in [6.45, 7) is 4.37. The number of nitrogens with zero attached hydrogens (tertiary/aromatic N) is 1. The molecular weight excluding hydrogens is 380 g/mol. The number of hydrogen-bond acceptors (Lipinski definition) is 5. The van der Waals surface area contributed by atoms with Crippen LogP contribution in [0.5, 0.6) is 17.2 Å². The fourth-order valence-electron chi connectivity index (χ4n) is 3.81. The third-order valence-electron chi connectivity index (χ3n) is 5.54. The number of amides is 1. The minimum Gasteiger partial charge on any atom is -0.497 e. The van der Waals surface area contributed by atoms with E-state index in [1.165, 1.54) is 24.8 Å². The van der Waals surface area contributed by atoms with Crippen molar-refractivity contribution in [3.8, 4) is 17.2 Å². The van der Waals surface area contributed by atoms with Crippen molar-refractivity contribution in [3.63, 3.8) is 0 Å². The minimum absolute atomic E-state index is 0.124. The summed E-state index contributed by atoms with van der Waals surface area (Å²) in [5, 5.41) is 3.09. The van der Waals surface area contributed by atoms with Crippen molar-refractivity contribution in [3.05, 3.63) is 54.1 Å². The van der Waals surface area contributed by atoms with Gasteiger partial charge in [-0.3, -0.25) is 9.69 Å². The Labute approximate surface area is 179 Å². The molecule has 1 N–H and O–H groups in total. The lowest BCUT2D eigenvalue weighted by Crippen LogP contribution is -2.43. The number of carbonyl (C=O) groups excluding carboxylic acids is 1. The molecule has 0 bridgehead atoms. The second-order valence-electron chi connectivity index (χ2n) is 7.54. The third-order valence-corrected chi connectivity index (χ3v) is 5.54. The van der Waals surface area contributed by atoms with Crippen LogP contribution in [0.15, 0.2) is 48.5 Å². The molecule has 2 aromatic rings. The fraction of sp³-hybridized carbons (Fsp3) is 0.458. The SMILES string of the molecule is COc1ccc(C(CNC(=O)C(C)Oc2ccccc2OC)N2CCCCC2)cc1. The maximum absolute atomic E-state index is 12.8. The number of hydrogen-bond donors (Lipinski definition) is 1. The summed E-state index contributed by atoms with van der Waals surface area (Å²) in [6, 6.07) is 15.6. The number of para-hydroxylation sites is 2. The summed E-state index contributed by atoms with van der Waals surface area (Å²) in [5.41, 5.74) is 1.18. The first-order chi connectivity index (χ1) is 14.6. The van der Waals surface area contributed by atoms with Crippen molar-refractivity contribution >= 4 is 5.91 Å². The highest BCUT2D eigenvalue weighted by Gasteiger charge is 2.24. The summed E-state index contributed by atoms with van der Waals surface area (Å²) >= 11 is 0. The van der Waals surface area contributed by atoms with Gasteiger partial charge < -0.3 is 19.5 Å². The minimum atomic E-state index is -0.626. The Morgan fingerprint density at radius 1 is 0.967 bits per heavy atom. The normalized spacial score (nSPS) is 16.4. The van der Waals surface area contributed by atoms with E-state index in [4.69, 9.17) is 14.2 Å². The zero-order valence-electron chi connectivity index (χ0n) is 18.1. The molecule has 3 rings (SSSR count). The Hall–Kier alpha value is -2.73. The Morgan fingerprint density at radius 3 is 2.27 bits per heavy atom. The molecule has 1 aliphatic rings. The highest BCUT2D eigenvalue weighted by Crippen LogP contribution is 2.28. The standard InChI is InChI=1S/C24H32N2O4/c1-18(30-23-10-6-5-9-22(23)29-3)24(27)25-17-21(26-15-7-4-8-16-26)19-11-13-20(28-2)14-12-19/h5-6,9-14,18,21H,4,7-8,15-17H2,1-3H3,(H,25,27). The molecule has 6 nitrogen and oxygen atoms in total. The van der Waals surface area contributed by atoms with Crippen molar-refractivity contribution in [2.75, 3.05) is 33.9 Å². The zero-order chi connectivity index (χ0) is 21.3. The molecule has 1 aliphatic heterocycles. The van der Waals surface area contributed by atoms with Gasteiger partial charge in [0.25, 0.3) is 5.91 Å². The molecule has 0 radical (unpaired) electrons. The molecule has 1 heterocycles. The van der Waals surface area contributed by atoms with Gasteiger partial charge in [-0.2, -0.15) is 0 Å². The van der Waals surface area contributed by atoms with Gasteiger partial charge in [0.15, 0.2) is 17.6 Å². The summed E-state index contributed by atoms with van der Waals surface area (Å²) < 4.78 is 16.4. The molecule has 6 heteroatoms. The number of nitrogens with one attached hydrogen (secondary N) is 1. The molecule has 1 fully saturated rings. The fourth-order valence-corrected chi connectivity index (χ4v) is 3.81. The topological polar surface area (TPSA) is 60.0 Å². The maximum atomic E-state index is 12.8. The van der Waals surface area contributed by atoms with E-state index in [0.29, 0.717) is 18.0 Å². The highest BCUT2D eigenvalue weighted by atomic mass is 16.5. The van der Waals surface area contributed by atoms with Crippen molar-refractivity contribution < 1.29 is 19.0 Å². The van der Waals surface area contributed by atoms with Crippen LogP contribution in [-0.4, -0.2) is 50.8 Å². The summed E-state index contributed by atoms with van der Waals surface area (Å²) in [5.74, 6) is 1.86. The van der Waals surface area contributed by atoms with Crippen LogP contribution in [0.25, 0.3) is 0 Å². The molecular formula is C24H32N2O4. The van der Waals surface area contributed by atoms with Crippen molar-refractivity contribution in [1.29, 1.82) is 0 Å². The molecule has 1 saturated heterocycles. The first kappa shape index (κ1) is 22.0. The number of rotatable bonds is 9. The van der Waals surface area contributed by atoms with E-state index in [2.05, 4.69) is 22.3 Å². The Bertz CT molecular complexity index is 803. The summed E-state index contributed by atoms with van der Waals surface area (Å²) in [6.07, 6.45) is 3.02. The molecule has 0 aromatic heterocycles. The highest BCUT2D eigenvalue weighted by molar-refractivity contribution is 5.80. The van der Waals surface area contributed by atoms with Crippen LogP contribution in [0.3, 0.4) is 0 Å². The van der Waals surface area contributed by atoms with E-state index >= 15 is 0 Å². The van der Waals surface area contributed by atoms with E-state index in [0.717, 1.165) is 18.8 Å². The monoisotopic (exact) mass is 412 g/mol. The predicted octanol–water partition coefficient (Wildman–Crippen LogP) is 3.81. The van der Waals surface area contributed by atoms with Gasteiger partial charge in [0.2, 0.25) is 0 Å². The van der Waals surface area contributed by atoms with Gasteiger partial charge in [-0.05, 0) is 62.7 Å². The Kier molecular flexibility index (Phi) is 7.97. The van der Waals surface area contributed by atoms with E-state index in [9.17, 15) is 4.79 Å². The molecule has 0 aliphatic carbocycles. The van der Waals surface area contributed by atoms with Crippen LogP contribution < -0.4 is 19.5 Å². The van der Waals surface area contributed by atoms with Crippen LogP contribution in [0, 0.1) is 0 Å². The maximum Gasteiger partial charge on any atom is 0.260 e. The summed E-state index contributed by atoms with van der Waals surface area (Å²) in [7, 11) is 3.26. The van der Waals surface area contributed by atoms with Crippen LogP contribution in [-0.2, 0) is 4.79 Å². The number of ether oxygens (including phenoxy) is 3. The number of methoxy groups -OCH3 is 2. The first-order valence-corrected chi connectivity index (χ1v) is 10.6. The molecule has 2 aromatic carbocycles.